The molecule has 0 aliphatic rings. The molecule has 1 rings (SSSR count). The van der Waals surface area contributed by atoms with Gasteiger partial charge in [0.25, 0.3) is 0 Å². The van der Waals surface area contributed by atoms with Crippen molar-refractivity contribution in [3.05, 3.63) is 29.6 Å². The van der Waals surface area contributed by atoms with Gasteiger partial charge in [-0.3, -0.25) is 0 Å². The number of nitrogens with zero attached hydrogens (tertiary/aromatic N) is 1. The molecule has 0 saturated heterocycles. The van der Waals surface area contributed by atoms with E-state index in [2.05, 4.69) is 10.6 Å². The largest absolute Gasteiger partial charge is 0.497 e. The molecule has 0 unspecified atom stereocenters. The fourth-order valence-corrected chi connectivity index (χ4v) is 1.44. The second kappa shape index (κ2) is 7.58. The first-order chi connectivity index (χ1) is 9.04. The molecule has 0 spiro atoms. The van der Waals surface area contributed by atoms with Crippen molar-refractivity contribution in [2.45, 2.75) is 6.54 Å². The monoisotopic (exact) mass is 269 g/mol. The van der Waals surface area contributed by atoms with Gasteiger partial charge in [-0.25, -0.2) is 9.18 Å². The number of ether oxygens (including phenoxy) is 1. The number of benzene rings is 1. The lowest BCUT2D eigenvalue weighted by molar-refractivity contribution is 0.217. The molecule has 5 nitrogen and oxygen atoms in total. The summed E-state index contributed by atoms with van der Waals surface area (Å²) in [5.41, 5.74) is 0.569. The van der Waals surface area contributed by atoms with Gasteiger partial charge in [0.1, 0.15) is 11.6 Å². The van der Waals surface area contributed by atoms with Crippen LogP contribution in [0.5, 0.6) is 5.75 Å². The van der Waals surface area contributed by atoms with Crippen molar-refractivity contribution in [1.29, 1.82) is 0 Å². The molecular formula is C13H20FN3O2. The summed E-state index contributed by atoms with van der Waals surface area (Å²) < 4.78 is 18.5. The molecule has 0 radical (unpaired) electrons. The Morgan fingerprint density at radius 2 is 2.11 bits per heavy atom. The van der Waals surface area contributed by atoms with Crippen LogP contribution in [0.2, 0.25) is 0 Å². The minimum absolute atomic E-state index is 0.141. The molecule has 0 atom stereocenters. The summed E-state index contributed by atoms with van der Waals surface area (Å²) in [5.74, 6) is 0.198. The summed E-state index contributed by atoms with van der Waals surface area (Å²) in [6.45, 7) is 1.48. The van der Waals surface area contributed by atoms with Gasteiger partial charge in [0.2, 0.25) is 0 Å². The van der Waals surface area contributed by atoms with Crippen molar-refractivity contribution in [2.24, 2.45) is 0 Å². The van der Waals surface area contributed by atoms with Gasteiger partial charge in [-0.15, -0.1) is 0 Å². The third kappa shape index (κ3) is 5.13. The van der Waals surface area contributed by atoms with Crippen LogP contribution in [0, 0.1) is 5.82 Å². The maximum absolute atomic E-state index is 13.6. The standard InChI is InChI=1S/C13H20FN3O2/c1-17(2)13(18)16-7-6-15-9-10-4-5-11(19-3)8-12(10)14/h4-5,8,15H,6-7,9H2,1-3H3,(H,16,18). The smallest absolute Gasteiger partial charge is 0.316 e. The lowest BCUT2D eigenvalue weighted by Crippen LogP contribution is -2.38. The quantitative estimate of drug-likeness (QED) is 0.763. The second-order valence-corrected chi connectivity index (χ2v) is 4.26. The highest BCUT2D eigenvalue weighted by atomic mass is 19.1. The van der Waals surface area contributed by atoms with Crippen LogP contribution in [0.1, 0.15) is 5.56 Å². The molecule has 1 aromatic rings. The van der Waals surface area contributed by atoms with Crippen molar-refractivity contribution in [1.82, 2.24) is 15.5 Å². The molecule has 0 fully saturated rings. The molecule has 19 heavy (non-hydrogen) atoms. The van der Waals surface area contributed by atoms with Gasteiger partial charge in [0, 0.05) is 45.4 Å². The Morgan fingerprint density at radius 1 is 1.37 bits per heavy atom. The summed E-state index contributed by atoms with van der Waals surface area (Å²) in [5, 5.41) is 5.77. The van der Waals surface area contributed by atoms with E-state index in [1.165, 1.54) is 18.1 Å². The fraction of sp³-hybridized carbons (Fsp3) is 0.462. The number of nitrogens with one attached hydrogen (secondary N) is 2. The van der Waals surface area contributed by atoms with Crippen LogP contribution in [0.3, 0.4) is 0 Å². The van der Waals surface area contributed by atoms with Gasteiger partial charge >= 0.3 is 6.03 Å². The molecule has 106 valence electrons. The molecule has 0 aliphatic heterocycles. The van der Waals surface area contributed by atoms with Crippen LogP contribution in [-0.2, 0) is 6.54 Å². The molecule has 0 saturated carbocycles. The van der Waals surface area contributed by atoms with Crippen LogP contribution in [0.15, 0.2) is 18.2 Å². The van der Waals surface area contributed by atoms with Gasteiger partial charge in [-0.05, 0) is 6.07 Å². The number of rotatable bonds is 6. The summed E-state index contributed by atoms with van der Waals surface area (Å²) in [4.78, 5) is 12.7. The van der Waals surface area contributed by atoms with Crippen LogP contribution in [0.4, 0.5) is 9.18 Å². The number of hydrogen-bond donors (Lipinski definition) is 2. The Labute approximate surface area is 112 Å². The molecule has 6 heteroatoms. The zero-order chi connectivity index (χ0) is 14.3. The minimum Gasteiger partial charge on any atom is -0.497 e. The molecule has 0 heterocycles. The molecular weight excluding hydrogens is 249 g/mol. The number of amides is 2. The second-order valence-electron chi connectivity index (χ2n) is 4.26. The Kier molecular flexibility index (Phi) is 6.08. The maximum Gasteiger partial charge on any atom is 0.316 e. The highest BCUT2D eigenvalue weighted by Gasteiger charge is 2.04. The van der Waals surface area contributed by atoms with E-state index in [4.69, 9.17) is 4.74 Å². The average molecular weight is 269 g/mol. The Balaban J connectivity index is 2.28. The van der Waals surface area contributed by atoms with Crippen molar-refractivity contribution >= 4 is 6.03 Å². The summed E-state index contributed by atoms with van der Waals surface area (Å²) in [6, 6.07) is 4.61. The number of carbonyl (C=O) groups is 1. The van der Waals surface area contributed by atoms with Crippen molar-refractivity contribution < 1.29 is 13.9 Å². The average Bonchev–Trinajstić information content (AvgIpc) is 2.39. The number of hydrogen-bond acceptors (Lipinski definition) is 3. The van der Waals surface area contributed by atoms with Gasteiger partial charge in [0.05, 0.1) is 7.11 Å². The van der Waals surface area contributed by atoms with Gasteiger partial charge in [0.15, 0.2) is 0 Å². The number of halogens is 1. The highest BCUT2D eigenvalue weighted by Crippen LogP contribution is 2.15. The van der Waals surface area contributed by atoms with Crippen molar-refractivity contribution in [3.8, 4) is 5.75 Å². The maximum atomic E-state index is 13.6. The van der Waals surface area contributed by atoms with Gasteiger partial charge in [-0.1, -0.05) is 6.07 Å². The van der Waals surface area contributed by atoms with E-state index in [9.17, 15) is 9.18 Å². The third-order valence-corrected chi connectivity index (χ3v) is 2.56. The summed E-state index contributed by atoms with van der Waals surface area (Å²) in [7, 11) is 4.85. The van der Waals surface area contributed by atoms with Crippen LogP contribution < -0.4 is 15.4 Å². The zero-order valence-corrected chi connectivity index (χ0v) is 11.5. The summed E-state index contributed by atoms with van der Waals surface area (Å²) in [6.07, 6.45) is 0. The van der Waals surface area contributed by atoms with E-state index in [1.807, 2.05) is 0 Å². The lowest BCUT2D eigenvalue weighted by Gasteiger charge is -2.12. The predicted molar refractivity (Wildman–Crippen MR) is 71.7 cm³/mol. The van der Waals surface area contributed by atoms with Crippen LogP contribution >= 0.6 is 0 Å². The number of urea groups is 1. The number of carbonyl (C=O) groups excluding carboxylic acids is 1. The first-order valence-electron chi connectivity index (χ1n) is 6.03. The van der Waals surface area contributed by atoms with Crippen molar-refractivity contribution in [3.63, 3.8) is 0 Å². The SMILES string of the molecule is COc1ccc(CNCCNC(=O)N(C)C)c(F)c1. The minimum atomic E-state index is -0.302. The Hall–Kier alpha value is -1.82. The third-order valence-electron chi connectivity index (χ3n) is 2.56. The normalized spacial score (nSPS) is 10.1. The van der Waals surface area contributed by atoms with E-state index in [0.29, 0.717) is 30.9 Å². The number of methoxy groups -OCH3 is 1. The first kappa shape index (κ1) is 15.2. The van der Waals surface area contributed by atoms with Crippen LogP contribution in [-0.4, -0.2) is 45.2 Å². The van der Waals surface area contributed by atoms with Gasteiger partial charge < -0.3 is 20.3 Å². The fourth-order valence-electron chi connectivity index (χ4n) is 1.44. The zero-order valence-electron chi connectivity index (χ0n) is 11.5. The van der Waals surface area contributed by atoms with Crippen molar-refractivity contribution in [2.75, 3.05) is 34.3 Å². The lowest BCUT2D eigenvalue weighted by atomic mass is 10.2. The topological polar surface area (TPSA) is 53.6 Å². The molecule has 2 amide bonds. The molecule has 1 aromatic carbocycles. The van der Waals surface area contributed by atoms with E-state index >= 15 is 0 Å². The molecule has 0 aromatic heterocycles. The first-order valence-corrected chi connectivity index (χ1v) is 6.03. The van der Waals surface area contributed by atoms with E-state index < -0.39 is 0 Å². The van der Waals surface area contributed by atoms with Crippen LogP contribution in [0.25, 0.3) is 0 Å². The van der Waals surface area contributed by atoms with E-state index in [0.717, 1.165) is 0 Å². The molecule has 0 bridgehead atoms. The Bertz CT molecular complexity index is 424. The van der Waals surface area contributed by atoms with E-state index in [-0.39, 0.29) is 11.8 Å². The highest BCUT2D eigenvalue weighted by molar-refractivity contribution is 5.73. The molecule has 2 N–H and O–H groups in total. The molecule has 0 aliphatic carbocycles. The summed E-state index contributed by atoms with van der Waals surface area (Å²) >= 11 is 0. The Morgan fingerprint density at radius 3 is 2.68 bits per heavy atom. The predicted octanol–water partition coefficient (Wildman–Crippen LogP) is 1.20. The van der Waals surface area contributed by atoms with Gasteiger partial charge in [-0.2, -0.15) is 0 Å². The van der Waals surface area contributed by atoms with E-state index in [1.54, 1.807) is 26.2 Å².